The molecule has 1 atom stereocenters. The van der Waals surface area contributed by atoms with Crippen LogP contribution in [0.15, 0.2) is 437 Å². The highest BCUT2D eigenvalue weighted by Crippen LogP contribution is 2.57. The van der Waals surface area contributed by atoms with Crippen LogP contribution in [0.1, 0.15) is 61.6 Å². The maximum Gasteiger partial charge on any atom is 0.213 e. The number of aromatic nitrogens is 5. The van der Waals surface area contributed by atoms with Crippen molar-refractivity contribution >= 4 is 106 Å². The molecule has 0 bridgehead atoms. The van der Waals surface area contributed by atoms with E-state index in [0.29, 0.717) is 51.2 Å². The number of fused-ring (bicyclic) bond motifs is 15. The Bertz CT molecular complexity index is 8940. The van der Waals surface area contributed by atoms with Crippen LogP contribution < -0.4 is 28.9 Å². The van der Waals surface area contributed by atoms with Crippen molar-refractivity contribution in [2.45, 2.75) is 33.6 Å². The van der Waals surface area contributed by atoms with E-state index in [9.17, 15) is 15.8 Å². The lowest BCUT2D eigenvalue weighted by molar-refractivity contribution is 0.477. The number of hydrogen-bond donors (Lipinski definition) is 0. The second kappa shape index (κ2) is 37.3. The average Bonchev–Trinajstić information content (AvgIpc) is 1.56. The standard InChI is InChI=1S/C57H36N6O3.C39H23N3.C37H26N4/c1-7-19-49-43(13-1)61(44-14-2-8-20-50(44)64-49)40-31-25-37(26-32-40)55-58-56(38-27-33-41(34-28-38)62-45-15-3-9-21-51(45)65-52-22-10-4-16-46(52)62)60-57(59-55)39-29-35-42(36-30-39)63-47-17-5-11-23-53(47)66-54-24-12-6-18-48(54)63;1-41-35-16-9-12-28(24-40)39(35)42-36-17-8-7-14-30(36)34-23-27(19-21-37(34)42)26-18-20-32-33(22-26)29-13-5-6-15-31(29)38(32)25-10-3-2-4-11-25;1-22-8-6-9-23(2)35(22)27-12-14-33-30(18-27)31-19-28(36-24(3)10-7-11-25(36)4)13-15-34(31)41(33)37-29(21-39)16-26(20-38)17-32(37)40-5/h1-36H;2-23,38H;6-19H,1-4H3. The van der Waals surface area contributed by atoms with Gasteiger partial charge in [0.1, 0.15) is 0 Å². The van der Waals surface area contributed by atoms with Crippen LogP contribution in [-0.2, 0) is 0 Å². The Morgan fingerprint density at radius 3 is 1.04 bits per heavy atom. The molecule has 1 unspecified atom stereocenters. The van der Waals surface area contributed by atoms with E-state index < -0.39 is 0 Å². The Balaban J connectivity index is 0.000000121. The minimum atomic E-state index is 0.226. The molecule has 6 heterocycles. The fraction of sp³-hybridized carbons (Fsp3) is 0.0376. The van der Waals surface area contributed by atoms with Crippen LogP contribution in [0, 0.1) is 74.8 Å². The van der Waals surface area contributed by atoms with Crippen molar-refractivity contribution < 1.29 is 14.2 Å². The lowest BCUT2D eigenvalue weighted by Crippen LogP contribution is -2.15. The second-order valence-electron chi connectivity index (χ2n) is 37.3. The lowest BCUT2D eigenvalue weighted by atomic mass is 9.89. The van der Waals surface area contributed by atoms with Gasteiger partial charge in [-0.1, -0.05) is 224 Å². The van der Waals surface area contributed by atoms with Gasteiger partial charge in [0.2, 0.25) is 11.4 Å². The van der Waals surface area contributed by atoms with Gasteiger partial charge in [0, 0.05) is 66.8 Å². The fourth-order valence-corrected chi connectivity index (χ4v) is 21.9. The number of nitriles is 3. The zero-order valence-electron chi connectivity index (χ0n) is 81.2. The summed E-state index contributed by atoms with van der Waals surface area (Å²) in [5.74, 6) is 6.70. The molecule has 1 aliphatic carbocycles. The maximum absolute atomic E-state index is 10.1. The monoisotopic (exact) mass is 1910 g/mol. The van der Waals surface area contributed by atoms with Crippen LogP contribution in [0.3, 0.4) is 0 Å². The molecule has 27 rings (SSSR count). The average molecular weight is 1910 g/mol. The van der Waals surface area contributed by atoms with Crippen LogP contribution >= 0.6 is 0 Å². The normalized spacial score (nSPS) is 12.4. The number of aryl methyl sites for hydroxylation is 4. The zero-order valence-corrected chi connectivity index (χ0v) is 81.2. The lowest BCUT2D eigenvalue weighted by Gasteiger charge is -2.32. The van der Waals surface area contributed by atoms with Gasteiger partial charge in [-0.2, -0.15) is 15.8 Å². The van der Waals surface area contributed by atoms with Crippen molar-refractivity contribution in [2.75, 3.05) is 14.7 Å². The van der Waals surface area contributed by atoms with Gasteiger partial charge in [0.25, 0.3) is 0 Å². The molecule has 20 aromatic carbocycles. The molecule has 0 saturated carbocycles. The predicted molar refractivity (Wildman–Crippen MR) is 597 cm³/mol. The Labute approximate surface area is 860 Å². The molecule has 0 radical (unpaired) electrons. The van der Waals surface area contributed by atoms with Gasteiger partial charge < -0.3 is 38.0 Å². The number of hydrogen-bond acceptors (Lipinski definition) is 12. The molecule has 149 heavy (non-hydrogen) atoms. The van der Waals surface area contributed by atoms with Crippen molar-refractivity contribution in [2.24, 2.45) is 0 Å². The number of benzene rings is 20. The summed E-state index contributed by atoms with van der Waals surface area (Å²) in [4.78, 5) is 29.7. The van der Waals surface area contributed by atoms with Gasteiger partial charge in [-0.05, 0) is 323 Å². The van der Waals surface area contributed by atoms with Gasteiger partial charge >= 0.3 is 0 Å². The van der Waals surface area contributed by atoms with Crippen molar-refractivity contribution in [3.05, 3.63) is 515 Å². The Hall–Kier alpha value is -20.7. The van der Waals surface area contributed by atoms with Gasteiger partial charge in [0.05, 0.1) is 110 Å². The van der Waals surface area contributed by atoms with E-state index in [-0.39, 0.29) is 11.6 Å². The van der Waals surface area contributed by atoms with E-state index in [0.717, 1.165) is 168 Å². The van der Waals surface area contributed by atoms with Gasteiger partial charge in [-0.3, -0.25) is 0 Å². The van der Waals surface area contributed by atoms with Crippen molar-refractivity contribution in [3.63, 3.8) is 0 Å². The third-order valence-electron chi connectivity index (χ3n) is 28.6. The number of rotatable bonds is 12. The predicted octanol–water partition coefficient (Wildman–Crippen LogP) is 35.3. The molecule has 0 N–H and O–H groups in total. The summed E-state index contributed by atoms with van der Waals surface area (Å²) < 4.78 is 23.0. The topological polar surface area (TPSA) is 166 Å². The highest BCUT2D eigenvalue weighted by atomic mass is 16.5. The molecule has 3 aliphatic heterocycles. The molecular weight excluding hydrogens is 1830 g/mol. The summed E-state index contributed by atoms with van der Waals surface area (Å²) in [6.07, 6.45) is 0. The Kier molecular flexibility index (Phi) is 22.4. The Morgan fingerprint density at radius 2 is 0.611 bits per heavy atom. The largest absolute Gasteiger partial charge is 0.453 e. The van der Waals surface area contributed by atoms with Crippen molar-refractivity contribution in [3.8, 4) is 143 Å². The highest BCUT2D eigenvalue weighted by Gasteiger charge is 2.34. The molecule has 700 valence electrons. The molecule has 16 nitrogen and oxygen atoms in total. The van der Waals surface area contributed by atoms with Gasteiger partial charge in [0.15, 0.2) is 52.0 Å². The zero-order chi connectivity index (χ0) is 101. The number of anilines is 9. The molecule has 16 heteroatoms. The van der Waals surface area contributed by atoms with Crippen molar-refractivity contribution in [1.29, 1.82) is 15.8 Å². The number of nitrogens with zero attached hydrogens (tertiary/aromatic N) is 13. The maximum atomic E-state index is 10.1. The van der Waals surface area contributed by atoms with E-state index in [1.165, 1.54) is 61.2 Å². The minimum Gasteiger partial charge on any atom is -0.453 e. The summed E-state index contributed by atoms with van der Waals surface area (Å²) in [5.41, 5.74) is 36.4. The SMILES string of the molecule is [C-]#[N+]c1cc(C#N)cc(C#N)c1-n1c2ccc(-c3c(C)cccc3C)cc2c2cc(-c3c(C)cccc3C)ccc21.[C-]#[N+]c1cccc(C#N)c1-n1c2ccccc2c2cc(-c3ccc4c(c3)-c3ccccc3C4c3ccccc3)ccc21.c1ccc2c(c1)Oc1ccccc1N2c1ccc(-c2nc(-c3ccc(N4c5ccccc5Oc5ccccc54)cc3)nc(-c3ccc(N4c5ccccc5Oc5ccccc54)cc3)n2)cc1. The molecule has 23 aromatic rings. The number of ether oxygens (including phenoxy) is 3. The third-order valence-corrected chi connectivity index (χ3v) is 28.6. The fourth-order valence-electron chi connectivity index (χ4n) is 21.9. The van der Waals surface area contributed by atoms with Crippen LogP contribution in [0.5, 0.6) is 34.5 Å². The molecule has 3 aromatic heterocycles. The van der Waals surface area contributed by atoms with E-state index >= 15 is 0 Å². The van der Waals surface area contributed by atoms with Crippen LogP contribution in [0.4, 0.5) is 62.6 Å². The minimum absolute atomic E-state index is 0.226. The summed E-state index contributed by atoms with van der Waals surface area (Å²) in [6.45, 7) is 24.3. The summed E-state index contributed by atoms with van der Waals surface area (Å²) >= 11 is 0. The molecule has 0 saturated heterocycles. The first-order chi connectivity index (χ1) is 73.3. The smallest absolute Gasteiger partial charge is 0.213 e. The van der Waals surface area contributed by atoms with Gasteiger partial charge in [-0.25, -0.2) is 24.6 Å². The summed E-state index contributed by atoms with van der Waals surface area (Å²) in [6, 6.07) is 155. The van der Waals surface area contributed by atoms with Gasteiger partial charge in [-0.15, -0.1) is 0 Å². The van der Waals surface area contributed by atoms with E-state index in [1.54, 1.807) is 30.3 Å². The first-order valence-corrected chi connectivity index (χ1v) is 49.2. The third kappa shape index (κ3) is 15.6. The number of para-hydroxylation sites is 14. The van der Waals surface area contributed by atoms with Crippen molar-refractivity contribution in [1.82, 2.24) is 24.1 Å². The summed E-state index contributed by atoms with van der Waals surface area (Å²) in [5, 5.41) is 33.9. The molecule has 4 aliphatic rings. The van der Waals surface area contributed by atoms with E-state index in [4.69, 9.17) is 42.3 Å². The van der Waals surface area contributed by atoms with Crippen LogP contribution in [0.2, 0.25) is 0 Å². The second-order valence-corrected chi connectivity index (χ2v) is 37.3. The first kappa shape index (κ1) is 89.6. The molecule has 0 amide bonds. The van der Waals surface area contributed by atoms with Crippen LogP contribution in [-0.4, -0.2) is 24.1 Å². The quantitative estimate of drug-likeness (QED) is 0.106. The molecule has 0 fully saturated rings. The highest BCUT2D eigenvalue weighted by molar-refractivity contribution is 6.14. The Morgan fingerprint density at radius 1 is 0.268 bits per heavy atom. The molecule has 0 spiro atoms. The molecular formula is C133H85N13O3. The summed E-state index contributed by atoms with van der Waals surface area (Å²) in [7, 11) is 0. The first-order valence-electron chi connectivity index (χ1n) is 49.2. The van der Waals surface area contributed by atoms with E-state index in [2.05, 4.69) is 360 Å². The van der Waals surface area contributed by atoms with Crippen LogP contribution in [0.25, 0.3) is 143 Å². The van der Waals surface area contributed by atoms with E-state index in [1.807, 2.05) is 126 Å².